The summed E-state index contributed by atoms with van der Waals surface area (Å²) in [5.41, 5.74) is 1.02. The summed E-state index contributed by atoms with van der Waals surface area (Å²) in [6.07, 6.45) is 0. The van der Waals surface area contributed by atoms with E-state index >= 15 is 0 Å². The summed E-state index contributed by atoms with van der Waals surface area (Å²) in [4.78, 5) is 10.7. The fourth-order valence-electron chi connectivity index (χ4n) is 3.10. The summed E-state index contributed by atoms with van der Waals surface area (Å²) in [5.74, 6) is -2.63. The molecular formula is C23H17F2N2NaO5S. The molecule has 7 nitrogen and oxygen atoms in total. The Morgan fingerprint density at radius 2 is 1.74 bits per heavy atom. The largest absolute Gasteiger partial charge is 1.00 e. The predicted molar refractivity (Wildman–Crippen MR) is 112 cm³/mol. The van der Waals surface area contributed by atoms with Gasteiger partial charge in [-0.3, -0.25) is 0 Å². The third-order valence-electron chi connectivity index (χ3n) is 4.65. The molecule has 0 spiro atoms. The molecule has 0 N–H and O–H groups in total. The van der Waals surface area contributed by atoms with Crippen LogP contribution < -0.4 is 39.4 Å². The fourth-order valence-corrected chi connectivity index (χ4v) is 4.26. The molecule has 0 aliphatic rings. The number of carbonyl (C=O) groups excluding carboxylic acids is 1. The first-order chi connectivity index (χ1) is 15.6. The molecule has 0 saturated carbocycles. The first-order valence-corrected chi connectivity index (χ1v) is 10.9. The van der Waals surface area contributed by atoms with E-state index in [-0.39, 0.29) is 63.4 Å². The van der Waals surface area contributed by atoms with Crippen molar-refractivity contribution in [3.63, 3.8) is 0 Å². The minimum atomic E-state index is -3.93. The Kier molecular flexibility index (Phi) is 9.32. The van der Waals surface area contributed by atoms with Gasteiger partial charge in [-0.15, -0.1) is 0 Å². The van der Waals surface area contributed by atoms with Crippen molar-refractivity contribution in [1.82, 2.24) is 4.31 Å². The van der Waals surface area contributed by atoms with Gasteiger partial charge < -0.3 is 14.6 Å². The molecule has 0 bridgehead atoms. The molecule has 0 aromatic heterocycles. The molecule has 0 heterocycles. The van der Waals surface area contributed by atoms with E-state index in [1.54, 1.807) is 0 Å². The van der Waals surface area contributed by atoms with Crippen LogP contribution in [0.3, 0.4) is 0 Å². The van der Waals surface area contributed by atoms with Gasteiger partial charge in [0.15, 0.2) is 0 Å². The number of carbonyl (C=O) groups is 1. The number of benzene rings is 3. The summed E-state index contributed by atoms with van der Waals surface area (Å²) in [5, 5.41) is 20.0. The van der Waals surface area contributed by atoms with Crippen LogP contribution in [-0.4, -0.2) is 32.3 Å². The van der Waals surface area contributed by atoms with E-state index in [9.17, 15) is 27.1 Å². The molecule has 0 unspecified atom stereocenters. The molecule has 0 atom stereocenters. The number of halogens is 2. The maximum Gasteiger partial charge on any atom is 1.00 e. The van der Waals surface area contributed by atoms with Crippen molar-refractivity contribution < 1.29 is 61.4 Å². The zero-order valence-corrected chi connectivity index (χ0v) is 21.1. The van der Waals surface area contributed by atoms with Crippen LogP contribution in [0.5, 0.6) is 5.75 Å². The van der Waals surface area contributed by atoms with Gasteiger partial charge in [0.1, 0.15) is 24.0 Å². The minimum absolute atomic E-state index is 0. The monoisotopic (exact) mass is 494 g/mol. The number of nitrogens with zero attached hydrogens (tertiary/aromatic N) is 2. The summed E-state index contributed by atoms with van der Waals surface area (Å²) < 4.78 is 59.1. The number of carboxylic acids is 1. The number of aliphatic carboxylic acids is 1. The quantitative estimate of drug-likeness (QED) is 0.389. The van der Waals surface area contributed by atoms with Crippen LogP contribution in [0.1, 0.15) is 11.1 Å². The van der Waals surface area contributed by atoms with Gasteiger partial charge >= 0.3 is 29.6 Å². The van der Waals surface area contributed by atoms with Crippen molar-refractivity contribution in [2.24, 2.45) is 0 Å². The molecule has 3 aromatic rings. The maximum absolute atomic E-state index is 14.0. The number of rotatable bonds is 8. The number of carboxylic acid groups (broad SMARTS) is 1. The van der Waals surface area contributed by atoms with Crippen LogP contribution in [0, 0.1) is 23.0 Å². The Morgan fingerprint density at radius 1 is 1.06 bits per heavy atom. The van der Waals surface area contributed by atoms with Gasteiger partial charge in [-0.1, -0.05) is 6.07 Å². The second-order valence-electron chi connectivity index (χ2n) is 7.05. The number of ether oxygens (including phenoxy) is 1. The van der Waals surface area contributed by atoms with Crippen molar-refractivity contribution in [1.29, 1.82) is 5.26 Å². The van der Waals surface area contributed by atoms with Crippen LogP contribution in [0.25, 0.3) is 11.1 Å². The molecule has 0 radical (unpaired) electrons. The van der Waals surface area contributed by atoms with E-state index in [0.29, 0.717) is 5.56 Å². The number of nitriles is 1. The molecule has 3 aromatic carbocycles. The SMILES string of the molecule is CN(Cc1ccc(OCC(=O)[O-])c(-c2cc(F)cc(C#N)c2)c1)S(=O)(=O)c1ccc(F)cc1.[Na+]. The van der Waals surface area contributed by atoms with Crippen molar-refractivity contribution in [2.45, 2.75) is 11.4 Å². The van der Waals surface area contributed by atoms with Gasteiger partial charge in [0.2, 0.25) is 10.0 Å². The number of hydrogen-bond acceptors (Lipinski definition) is 6. The molecule has 0 amide bonds. The zero-order chi connectivity index (χ0) is 24.2. The maximum atomic E-state index is 14.0. The third-order valence-corrected chi connectivity index (χ3v) is 6.47. The van der Waals surface area contributed by atoms with E-state index in [1.165, 1.54) is 31.3 Å². The zero-order valence-electron chi connectivity index (χ0n) is 18.3. The fraction of sp³-hybridized carbons (Fsp3) is 0.130. The molecule has 11 heteroatoms. The van der Waals surface area contributed by atoms with Gasteiger partial charge in [0.25, 0.3) is 0 Å². The van der Waals surface area contributed by atoms with Gasteiger partial charge in [-0.05, 0) is 65.7 Å². The van der Waals surface area contributed by atoms with Gasteiger partial charge in [-0.25, -0.2) is 17.2 Å². The summed E-state index contributed by atoms with van der Waals surface area (Å²) >= 11 is 0. The van der Waals surface area contributed by atoms with E-state index in [0.717, 1.165) is 40.7 Å². The summed E-state index contributed by atoms with van der Waals surface area (Å²) in [7, 11) is -2.59. The molecular weight excluding hydrogens is 477 g/mol. The Bertz CT molecular complexity index is 1340. The molecule has 0 saturated heterocycles. The number of sulfonamides is 1. The van der Waals surface area contributed by atoms with Crippen LogP contribution in [0.4, 0.5) is 8.78 Å². The summed E-state index contributed by atoms with van der Waals surface area (Å²) in [6, 6.07) is 14.3. The van der Waals surface area contributed by atoms with Crippen molar-refractivity contribution in [2.75, 3.05) is 13.7 Å². The average Bonchev–Trinajstić information content (AvgIpc) is 2.77. The molecule has 34 heavy (non-hydrogen) atoms. The second kappa shape index (κ2) is 11.6. The first-order valence-electron chi connectivity index (χ1n) is 9.48. The van der Waals surface area contributed by atoms with Crippen molar-refractivity contribution in [3.8, 4) is 22.9 Å². The van der Waals surface area contributed by atoms with E-state index < -0.39 is 34.2 Å². The van der Waals surface area contributed by atoms with Crippen LogP contribution in [0.15, 0.2) is 65.6 Å². The van der Waals surface area contributed by atoms with Crippen LogP contribution in [-0.2, 0) is 21.4 Å². The Hall–Kier alpha value is -2.81. The second-order valence-corrected chi connectivity index (χ2v) is 9.09. The van der Waals surface area contributed by atoms with Gasteiger partial charge in [-0.2, -0.15) is 9.57 Å². The van der Waals surface area contributed by atoms with Gasteiger partial charge in [0, 0.05) is 19.2 Å². The molecule has 0 aliphatic carbocycles. The number of hydrogen-bond donors (Lipinski definition) is 0. The average molecular weight is 494 g/mol. The van der Waals surface area contributed by atoms with E-state index in [4.69, 9.17) is 10.00 Å². The van der Waals surface area contributed by atoms with E-state index in [1.807, 2.05) is 6.07 Å². The summed E-state index contributed by atoms with van der Waals surface area (Å²) in [6.45, 7) is -0.862. The topological polar surface area (TPSA) is 111 Å². The van der Waals surface area contributed by atoms with Crippen molar-refractivity contribution in [3.05, 3.63) is 83.4 Å². The molecule has 0 aliphatic heterocycles. The molecule has 0 fully saturated rings. The standard InChI is InChI=1S/C23H18F2N2O5S.Na/c1-27(33(30,31)20-5-3-18(24)4-6-20)13-15-2-7-22(32-14-23(28)29)21(10-15)17-8-16(12-26)9-19(25)11-17;/h2-11H,13-14H2,1H3,(H,28,29);/q;+1/p-1. The predicted octanol–water partition coefficient (Wildman–Crippen LogP) is -0.543. The van der Waals surface area contributed by atoms with Gasteiger partial charge in [0.05, 0.1) is 22.5 Å². The first kappa shape index (κ1) is 27.4. The normalized spacial score (nSPS) is 10.9. The molecule has 170 valence electrons. The van der Waals surface area contributed by atoms with Crippen LogP contribution in [0.2, 0.25) is 0 Å². The Balaban J connectivity index is 0.00000408. The van der Waals surface area contributed by atoms with E-state index in [2.05, 4.69) is 0 Å². The smallest absolute Gasteiger partial charge is 0.546 e. The third kappa shape index (κ3) is 6.62. The molecule has 3 rings (SSSR count). The van der Waals surface area contributed by atoms with Crippen molar-refractivity contribution >= 4 is 16.0 Å². The minimum Gasteiger partial charge on any atom is -0.546 e. The Morgan fingerprint density at radius 3 is 2.35 bits per heavy atom. The Labute approximate surface area is 217 Å². The van der Waals surface area contributed by atoms with Crippen LogP contribution >= 0.6 is 0 Å².